The molecule has 0 aliphatic heterocycles. The Bertz CT molecular complexity index is 3130. The molecule has 11 aromatic rings. The molecule has 0 aliphatic rings. The van der Waals surface area contributed by atoms with Crippen molar-refractivity contribution in [2.45, 2.75) is 0 Å². The third-order valence-electron chi connectivity index (χ3n) is 10.2. The highest BCUT2D eigenvalue weighted by atomic mass is 32.1. The highest BCUT2D eigenvalue weighted by Gasteiger charge is 2.19. The van der Waals surface area contributed by atoms with Crippen molar-refractivity contribution < 1.29 is 4.42 Å². The van der Waals surface area contributed by atoms with Crippen molar-refractivity contribution in [2.24, 2.45) is 0 Å². The number of para-hydroxylation sites is 3. The van der Waals surface area contributed by atoms with Gasteiger partial charge in [-0.2, -0.15) is 0 Å². The summed E-state index contributed by atoms with van der Waals surface area (Å²) in [5.41, 5.74) is 11.3. The Kier molecular flexibility index (Phi) is 6.12. The number of rotatable bonds is 4. The zero-order valence-electron chi connectivity index (χ0n) is 27.4. The van der Waals surface area contributed by atoms with Gasteiger partial charge in [0.1, 0.15) is 11.2 Å². The highest BCUT2D eigenvalue weighted by Crippen LogP contribution is 2.42. The first kappa shape index (κ1) is 28.4. The molecule has 0 N–H and O–H groups in total. The Morgan fingerprint density at radius 2 is 1.12 bits per heavy atom. The fourth-order valence-corrected chi connectivity index (χ4v) is 8.94. The Morgan fingerprint density at radius 1 is 0.431 bits per heavy atom. The first-order valence-electron chi connectivity index (χ1n) is 17.2. The molecule has 0 spiro atoms. The van der Waals surface area contributed by atoms with Gasteiger partial charge in [0, 0.05) is 52.8 Å². The second-order valence-corrected chi connectivity index (χ2v) is 14.2. The first-order valence-corrected chi connectivity index (χ1v) is 18.0. The van der Waals surface area contributed by atoms with Crippen LogP contribution in [-0.4, -0.2) is 9.55 Å². The molecule has 0 atom stereocenters. The molecule has 0 saturated carbocycles. The van der Waals surface area contributed by atoms with Crippen LogP contribution in [0.2, 0.25) is 0 Å². The molecule has 0 amide bonds. The highest BCUT2D eigenvalue weighted by molar-refractivity contribution is 7.25. The molecule has 0 saturated heterocycles. The number of thiophene rings is 1. The second kappa shape index (κ2) is 11.0. The molecule has 11 rings (SSSR count). The van der Waals surface area contributed by atoms with Crippen molar-refractivity contribution in [3.63, 3.8) is 0 Å². The SMILES string of the molecule is c1ccc(-c2ccc(-c3cc(-n4c5ccccc5c5cc6sc7ccccc7c6cc54)cc(-c4cccc5c4oc4ccccc45)n3)cc2)cc1. The Morgan fingerprint density at radius 3 is 2.00 bits per heavy atom. The van der Waals surface area contributed by atoms with Gasteiger partial charge in [-0.1, -0.05) is 121 Å². The van der Waals surface area contributed by atoms with Crippen molar-refractivity contribution >= 4 is 75.3 Å². The van der Waals surface area contributed by atoms with Crippen LogP contribution in [0.25, 0.3) is 103 Å². The summed E-state index contributed by atoms with van der Waals surface area (Å²) in [4.78, 5) is 5.38. The average Bonchev–Trinajstić information content (AvgIpc) is 3.86. The van der Waals surface area contributed by atoms with Gasteiger partial charge in [0.15, 0.2) is 0 Å². The number of aromatic nitrogens is 2. The number of hydrogen-bond acceptors (Lipinski definition) is 3. The van der Waals surface area contributed by atoms with Gasteiger partial charge >= 0.3 is 0 Å². The molecule has 0 aliphatic carbocycles. The van der Waals surface area contributed by atoms with E-state index in [1.54, 1.807) is 0 Å². The third-order valence-corrected chi connectivity index (χ3v) is 11.3. The largest absolute Gasteiger partial charge is 0.455 e. The van der Waals surface area contributed by atoms with Gasteiger partial charge in [-0.15, -0.1) is 11.3 Å². The molecule has 0 bridgehead atoms. The Hall–Kier alpha value is -6.49. The summed E-state index contributed by atoms with van der Waals surface area (Å²) in [6, 6.07) is 60.6. The standard InChI is InChI=1S/C47H28N2OS/c1-2-11-29(12-3-1)30-21-23-31(24-22-30)40-25-32(26-41(48-40)37-17-10-16-36-34-14-5-8-19-44(34)50-47(36)37)49-42-18-7-4-13-33(42)38-28-46-39(27-43(38)49)35-15-6-9-20-45(35)51-46/h1-28H. The van der Waals surface area contributed by atoms with Gasteiger partial charge in [-0.05, 0) is 59.7 Å². The van der Waals surface area contributed by atoms with Crippen molar-refractivity contribution in [2.75, 3.05) is 0 Å². The summed E-state index contributed by atoms with van der Waals surface area (Å²) in [6.07, 6.45) is 0. The lowest BCUT2D eigenvalue weighted by Crippen LogP contribution is -1.98. The maximum absolute atomic E-state index is 6.55. The zero-order chi connectivity index (χ0) is 33.5. The van der Waals surface area contributed by atoms with E-state index >= 15 is 0 Å². The van der Waals surface area contributed by atoms with E-state index in [0.29, 0.717) is 0 Å². The van der Waals surface area contributed by atoms with Crippen LogP contribution in [0.15, 0.2) is 174 Å². The molecular weight excluding hydrogens is 641 g/mol. The van der Waals surface area contributed by atoms with Crippen LogP contribution in [0.5, 0.6) is 0 Å². The summed E-state index contributed by atoms with van der Waals surface area (Å²) in [6.45, 7) is 0. The van der Waals surface area contributed by atoms with Crippen LogP contribution in [0.3, 0.4) is 0 Å². The molecule has 3 nitrogen and oxygen atoms in total. The lowest BCUT2D eigenvalue weighted by atomic mass is 10.0. The van der Waals surface area contributed by atoms with Gasteiger partial charge in [0.2, 0.25) is 0 Å². The van der Waals surface area contributed by atoms with E-state index in [2.05, 4.69) is 162 Å². The van der Waals surface area contributed by atoms with Gasteiger partial charge in [0.25, 0.3) is 0 Å². The van der Waals surface area contributed by atoms with Crippen molar-refractivity contribution in [1.82, 2.24) is 9.55 Å². The van der Waals surface area contributed by atoms with E-state index in [1.165, 1.54) is 53.1 Å². The minimum Gasteiger partial charge on any atom is -0.455 e. The molecule has 0 unspecified atom stereocenters. The average molecular weight is 669 g/mol. The number of nitrogens with zero attached hydrogens (tertiary/aromatic N) is 2. The van der Waals surface area contributed by atoms with Crippen LogP contribution in [-0.2, 0) is 0 Å². The van der Waals surface area contributed by atoms with E-state index in [-0.39, 0.29) is 0 Å². The van der Waals surface area contributed by atoms with Gasteiger partial charge in [-0.25, -0.2) is 4.98 Å². The monoisotopic (exact) mass is 668 g/mol. The summed E-state index contributed by atoms with van der Waals surface area (Å²) in [7, 11) is 0. The predicted molar refractivity (Wildman–Crippen MR) is 215 cm³/mol. The van der Waals surface area contributed by atoms with Gasteiger partial charge in [0.05, 0.1) is 28.1 Å². The van der Waals surface area contributed by atoms with Crippen LogP contribution >= 0.6 is 11.3 Å². The van der Waals surface area contributed by atoms with Gasteiger partial charge < -0.3 is 8.98 Å². The van der Waals surface area contributed by atoms with E-state index < -0.39 is 0 Å². The number of fused-ring (bicyclic) bond motifs is 9. The summed E-state index contributed by atoms with van der Waals surface area (Å²) < 4.78 is 11.6. The van der Waals surface area contributed by atoms with E-state index in [1.807, 2.05) is 23.5 Å². The summed E-state index contributed by atoms with van der Waals surface area (Å²) in [5, 5.41) is 7.26. The minimum atomic E-state index is 0.849. The number of hydrogen-bond donors (Lipinski definition) is 0. The van der Waals surface area contributed by atoms with Crippen molar-refractivity contribution in [1.29, 1.82) is 0 Å². The van der Waals surface area contributed by atoms with Crippen LogP contribution < -0.4 is 0 Å². The normalized spacial score (nSPS) is 11.9. The minimum absolute atomic E-state index is 0.849. The van der Waals surface area contributed by atoms with E-state index in [9.17, 15) is 0 Å². The second-order valence-electron chi connectivity index (χ2n) is 13.1. The number of benzene rings is 7. The van der Waals surface area contributed by atoms with Crippen molar-refractivity contribution in [3.05, 3.63) is 170 Å². The summed E-state index contributed by atoms with van der Waals surface area (Å²) >= 11 is 1.86. The predicted octanol–water partition coefficient (Wildman–Crippen LogP) is 13.4. The quantitative estimate of drug-likeness (QED) is 0.187. The fraction of sp³-hybridized carbons (Fsp3) is 0. The van der Waals surface area contributed by atoms with Crippen molar-refractivity contribution in [3.8, 4) is 39.3 Å². The van der Waals surface area contributed by atoms with E-state index in [0.717, 1.165) is 50.1 Å². The fourth-order valence-electron chi connectivity index (χ4n) is 7.81. The molecule has 4 heteroatoms. The van der Waals surface area contributed by atoms with Crippen LogP contribution in [0.4, 0.5) is 0 Å². The Labute approximate surface area is 297 Å². The maximum Gasteiger partial charge on any atom is 0.144 e. The topological polar surface area (TPSA) is 31.0 Å². The number of pyridine rings is 1. The van der Waals surface area contributed by atoms with Crippen LogP contribution in [0, 0.1) is 0 Å². The molecule has 7 aromatic carbocycles. The molecule has 0 fully saturated rings. The van der Waals surface area contributed by atoms with Gasteiger partial charge in [-0.3, -0.25) is 0 Å². The number of furan rings is 1. The third kappa shape index (κ3) is 4.40. The lowest BCUT2D eigenvalue weighted by molar-refractivity contribution is 0.670. The summed E-state index contributed by atoms with van der Waals surface area (Å²) in [5.74, 6) is 0. The van der Waals surface area contributed by atoms with E-state index in [4.69, 9.17) is 9.40 Å². The lowest BCUT2D eigenvalue weighted by Gasteiger charge is -2.14. The smallest absolute Gasteiger partial charge is 0.144 e. The molecular formula is C47H28N2OS. The molecule has 238 valence electrons. The molecule has 51 heavy (non-hydrogen) atoms. The molecule has 4 heterocycles. The molecule has 0 radical (unpaired) electrons. The van der Waals surface area contributed by atoms with Crippen LogP contribution in [0.1, 0.15) is 0 Å². The molecule has 4 aromatic heterocycles. The first-order chi connectivity index (χ1) is 25.3. The zero-order valence-corrected chi connectivity index (χ0v) is 28.2. The Balaban J connectivity index is 1.20. The maximum atomic E-state index is 6.55.